The average molecular weight is 392 g/mol. The van der Waals surface area contributed by atoms with Crippen LogP contribution in [-0.2, 0) is 16.0 Å². The zero-order chi connectivity index (χ0) is 17.5. The number of hydrogen-bond donors (Lipinski definition) is 2. The van der Waals surface area contributed by atoms with Gasteiger partial charge in [0.1, 0.15) is 0 Å². The fourth-order valence-electron chi connectivity index (χ4n) is 1.90. The molecule has 24 heavy (non-hydrogen) atoms. The molecule has 0 aliphatic rings. The first kappa shape index (κ1) is 17.6. The van der Waals surface area contributed by atoms with Gasteiger partial charge in [0.05, 0.1) is 17.9 Å². The molecule has 0 saturated carbocycles. The molecule has 0 bridgehead atoms. The maximum atomic E-state index is 11.8. The highest BCUT2D eigenvalue weighted by Crippen LogP contribution is 2.14. The van der Waals surface area contributed by atoms with Gasteiger partial charge >= 0.3 is 0 Å². The van der Waals surface area contributed by atoms with Crippen LogP contribution < -0.4 is 10.6 Å². The van der Waals surface area contributed by atoms with Crippen LogP contribution in [0.5, 0.6) is 0 Å². The minimum atomic E-state index is -0.504. The predicted octanol–water partition coefficient (Wildman–Crippen LogP) is 2.65. The van der Waals surface area contributed by atoms with E-state index in [2.05, 4.69) is 26.6 Å². The van der Waals surface area contributed by atoms with Crippen LogP contribution >= 0.6 is 15.9 Å². The van der Waals surface area contributed by atoms with E-state index in [9.17, 15) is 19.7 Å². The number of nitro benzene ring substituents is 1. The van der Waals surface area contributed by atoms with Crippen molar-refractivity contribution in [2.75, 3.05) is 11.9 Å². The lowest BCUT2D eigenvalue weighted by Crippen LogP contribution is -2.33. The maximum absolute atomic E-state index is 11.8. The van der Waals surface area contributed by atoms with Gasteiger partial charge < -0.3 is 10.6 Å². The smallest absolute Gasteiger partial charge is 0.269 e. The van der Waals surface area contributed by atoms with Crippen molar-refractivity contribution in [1.82, 2.24) is 5.32 Å². The first-order valence-corrected chi connectivity index (χ1v) is 7.79. The fourth-order valence-corrected chi connectivity index (χ4v) is 2.17. The lowest BCUT2D eigenvalue weighted by atomic mass is 10.1. The summed E-state index contributed by atoms with van der Waals surface area (Å²) < 4.78 is 0.900. The van der Waals surface area contributed by atoms with E-state index in [-0.39, 0.29) is 30.5 Å². The Morgan fingerprint density at radius 1 is 1.00 bits per heavy atom. The maximum Gasteiger partial charge on any atom is 0.269 e. The number of amides is 2. The van der Waals surface area contributed by atoms with Gasteiger partial charge in [0.25, 0.3) is 5.69 Å². The highest BCUT2D eigenvalue weighted by atomic mass is 79.9. The number of halogens is 1. The highest BCUT2D eigenvalue weighted by Gasteiger charge is 2.09. The van der Waals surface area contributed by atoms with Crippen molar-refractivity contribution in [3.63, 3.8) is 0 Å². The number of nitrogens with zero attached hydrogens (tertiary/aromatic N) is 1. The zero-order valence-electron chi connectivity index (χ0n) is 12.5. The van der Waals surface area contributed by atoms with Crippen molar-refractivity contribution in [2.45, 2.75) is 6.42 Å². The summed E-state index contributed by atoms with van der Waals surface area (Å²) in [5.41, 5.74) is 1.23. The van der Waals surface area contributed by atoms with Gasteiger partial charge in [-0.2, -0.15) is 0 Å². The molecule has 0 aliphatic heterocycles. The summed E-state index contributed by atoms with van der Waals surface area (Å²) >= 11 is 3.30. The topological polar surface area (TPSA) is 101 Å². The van der Waals surface area contributed by atoms with Crippen LogP contribution in [0.1, 0.15) is 5.56 Å². The molecule has 0 fully saturated rings. The average Bonchev–Trinajstić information content (AvgIpc) is 2.55. The summed E-state index contributed by atoms with van der Waals surface area (Å²) in [7, 11) is 0. The largest absolute Gasteiger partial charge is 0.347 e. The van der Waals surface area contributed by atoms with E-state index in [0.717, 1.165) is 4.47 Å². The van der Waals surface area contributed by atoms with Crippen molar-refractivity contribution in [3.05, 3.63) is 68.7 Å². The lowest BCUT2D eigenvalue weighted by Gasteiger charge is -2.07. The number of rotatable bonds is 6. The van der Waals surface area contributed by atoms with Crippen molar-refractivity contribution in [3.8, 4) is 0 Å². The molecule has 124 valence electrons. The Bertz CT molecular complexity index is 745. The molecule has 0 spiro atoms. The van der Waals surface area contributed by atoms with Gasteiger partial charge in [0.2, 0.25) is 11.8 Å². The van der Waals surface area contributed by atoms with E-state index >= 15 is 0 Å². The molecule has 0 aliphatic carbocycles. The summed E-state index contributed by atoms with van der Waals surface area (Å²) in [6.07, 6.45) is 0.0452. The Labute approximate surface area is 146 Å². The number of anilines is 1. The number of nitro groups is 1. The van der Waals surface area contributed by atoms with Gasteiger partial charge in [0, 0.05) is 22.3 Å². The third kappa shape index (κ3) is 5.47. The van der Waals surface area contributed by atoms with E-state index in [4.69, 9.17) is 0 Å². The van der Waals surface area contributed by atoms with Crippen LogP contribution in [0.4, 0.5) is 11.4 Å². The Kier molecular flexibility index (Phi) is 6.02. The van der Waals surface area contributed by atoms with Gasteiger partial charge in [-0.3, -0.25) is 19.7 Å². The number of benzene rings is 2. The van der Waals surface area contributed by atoms with Crippen molar-refractivity contribution in [1.29, 1.82) is 0 Å². The molecule has 2 aromatic carbocycles. The fraction of sp³-hybridized carbons (Fsp3) is 0.125. The molecule has 2 rings (SSSR count). The lowest BCUT2D eigenvalue weighted by molar-refractivity contribution is -0.384. The van der Waals surface area contributed by atoms with Gasteiger partial charge in [-0.15, -0.1) is 0 Å². The Morgan fingerprint density at radius 3 is 2.21 bits per heavy atom. The summed E-state index contributed by atoms with van der Waals surface area (Å²) in [4.78, 5) is 33.6. The first-order chi connectivity index (χ1) is 11.4. The SMILES string of the molecule is O=C(Cc1ccc([N+](=O)[O-])cc1)NCC(=O)Nc1ccc(Br)cc1. The van der Waals surface area contributed by atoms with Gasteiger partial charge in [-0.05, 0) is 29.8 Å². The van der Waals surface area contributed by atoms with Gasteiger partial charge in [-0.25, -0.2) is 0 Å². The molecule has 0 unspecified atom stereocenters. The van der Waals surface area contributed by atoms with Crippen LogP contribution in [0.2, 0.25) is 0 Å². The molecule has 0 atom stereocenters. The molecule has 2 amide bonds. The minimum Gasteiger partial charge on any atom is -0.347 e. The number of carbonyl (C=O) groups is 2. The molecule has 2 N–H and O–H groups in total. The predicted molar refractivity (Wildman–Crippen MR) is 92.6 cm³/mol. The van der Waals surface area contributed by atoms with Crippen molar-refractivity contribution in [2.24, 2.45) is 0 Å². The molecule has 7 nitrogen and oxygen atoms in total. The quantitative estimate of drug-likeness (QED) is 0.583. The number of hydrogen-bond acceptors (Lipinski definition) is 4. The molecule has 0 radical (unpaired) electrons. The van der Waals surface area contributed by atoms with Gasteiger partial charge in [0.15, 0.2) is 0 Å². The van der Waals surface area contributed by atoms with Crippen molar-refractivity contribution < 1.29 is 14.5 Å². The van der Waals surface area contributed by atoms with E-state index < -0.39 is 4.92 Å². The van der Waals surface area contributed by atoms with Crippen LogP contribution in [0.25, 0.3) is 0 Å². The van der Waals surface area contributed by atoms with E-state index in [0.29, 0.717) is 11.3 Å². The van der Waals surface area contributed by atoms with Crippen LogP contribution in [0.15, 0.2) is 53.0 Å². The first-order valence-electron chi connectivity index (χ1n) is 6.99. The highest BCUT2D eigenvalue weighted by molar-refractivity contribution is 9.10. The second-order valence-electron chi connectivity index (χ2n) is 4.93. The van der Waals surface area contributed by atoms with E-state index in [1.807, 2.05) is 0 Å². The molecular formula is C16H14BrN3O4. The Morgan fingerprint density at radius 2 is 1.62 bits per heavy atom. The third-order valence-electron chi connectivity index (χ3n) is 3.09. The molecule has 2 aromatic rings. The minimum absolute atomic E-state index is 0.0342. The molecular weight excluding hydrogens is 378 g/mol. The second-order valence-corrected chi connectivity index (χ2v) is 5.85. The Hall–Kier alpha value is -2.74. The van der Waals surface area contributed by atoms with Crippen LogP contribution in [-0.4, -0.2) is 23.3 Å². The van der Waals surface area contributed by atoms with Crippen LogP contribution in [0, 0.1) is 10.1 Å². The molecule has 0 heterocycles. The summed E-state index contributed by atoms with van der Waals surface area (Å²) in [5.74, 6) is -0.677. The summed E-state index contributed by atoms with van der Waals surface area (Å²) in [6.45, 7) is -0.151. The molecule has 0 saturated heterocycles. The zero-order valence-corrected chi connectivity index (χ0v) is 14.1. The summed E-state index contributed by atoms with van der Waals surface area (Å²) in [5, 5.41) is 15.7. The normalized spacial score (nSPS) is 10.0. The number of non-ortho nitro benzene ring substituents is 1. The van der Waals surface area contributed by atoms with E-state index in [1.54, 1.807) is 24.3 Å². The number of carbonyl (C=O) groups excluding carboxylic acids is 2. The second kappa shape index (κ2) is 8.21. The monoisotopic (exact) mass is 391 g/mol. The summed E-state index contributed by atoms with van der Waals surface area (Å²) in [6, 6.07) is 12.8. The molecule has 8 heteroatoms. The standard InChI is InChI=1S/C16H14BrN3O4/c17-12-3-5-13(6-4-12)19-16(22)10-18-15(21)9-11-1-7-14(8-2-11)20(23)24/h1-8H,9-10H2,(H,18,21)(H,19,22). The van der Waals surface area contributed by atoms with E-state index in [1.165, 1.54) is 24.3 Å². The van der Waals surface area contributed by atoms with Gasteiger partial charge in [-0.1, -0.05) is 28.1 Å². The Balaban J connectivity index is 1.78. The number of nitrogens with one attached hydrogen (secondary N) is 2. The van der Waals surface area contributed by atoms with Crippen molar-refractivity contribution >= 4 is 39.1 Å². The third-order valence-corrected chi connectivity index (χ3v) is 3.61. The van der Waals surface area contributed by atoms with Crippen LogP contribution in [0.3, 0.4) is 0 Å². The molecule has 0 aromatic heterocycles.